The number of pyridine rings is 1. The average Bonchev–Trinajstić information content (AvgIpc) is 2.51. The summed E-state index contributed by atoms with van der Waals surface area (Å²) in [7, 11) is 1.63. The van der Waals surface area contributed by atoms with Crippen LogP contribution in [0.1, 0.15) is 32.8 Å². The lowest BCUT2D eigenvalue weighted by molar-refractivity contribution is 0.208. The Bertz CT molecular complexity index is 476. The number of rotatable bonds is 4. The van der Waals surface area contributed by atoms with Crippen LogP contribution in [0.4, 0.5) is 0 Å². The number of aliphatic imine (C=N–C) groups is 1. The number of piperidine rings is 1. The predicted octanol–water partition coefficient (Wildman–Crippen LogP) is 2.53. The fraction of sp³-hybridized carbons (Fsp3) is 0.647. The van der Waals surface area contributed by atoms with Gasteiger partial charge in [-0.3, -0.25) is 0 Å². The zero-order chi connectivity index (χ0) is 15.9. The highest BCUT2D eigenvalue weighted by atomic mass is 16.5. The minimum Gasteiger partial charge on any atom is -0.481 e. The van der Waals surface area contributed by atoms with Crippen molar-refractivity contribution in [3.05, 3.63) is 23.9 Å². The number of aromatic nitrogens is 1. The van der Waals surface area contributed by atoms with Crippen molar-refractivity contribution in [2.45, 2.75) is 33.7 Å². The van der Waals surface area contributed by atoms with Crippen molar-refractivity contribution in [3.8, 4) is 5.88 Å². The number of hydrogen-bond donors (Lipinski definition) is 1. The molecule has 2 unspecified atom stereocenters. The van der Waals surface area contributed by atoms with Crippen LogP contribution in [-0.4, -0.2) is 42.6 Å². The van der Waals surface area contributed by atoms with Crippen LogP contribution in [-0.2, 0) is 6.54 Å². The van der Waals surface area contributed by atoms with Gasteiger partial charge in [-0.2, -0.15) is 0 Å². The van der Waals surface area contributed by atoms with E-state index < -0.39 is 0 Å². The molecule has 1 aromatic rings. The van der Waals surface area contributed by atoms with Crippen LogP contribution in [0.25, 0.3) is 0 Å². The predicted molar refractivity (Wildman–Crippen MR) is 90.1 cm³/mol. The molecule has 0 bridgehead atoms. The van der Waals surface area contributed by atoms with Crippen LogP contribution in [0.5, 0.6) is 5.88 Å². The number of hydrogen-bond acceptors (Lipinski definition) is 3. The second-order valence-corrected chi connectivity index (χ2v) is 6.23. The van der Waals surface area contributed by atoms with E-state index in [1.165, 1.54) is 6.42 Å². The lowest BCUT2D eigenvalue weighted by atomic mass is 9.92. The third kappa shape index (κ3) is 4.61. The van der Waals surface area contributed by atoms with Crippen molar-refractivity contribution in [1.82, 2.24) is 15.2 Å². The summed E-state index contributed by atoms with van der Waals surface area (Å²) in [6.45, 7) is 10.4. The topological polar surface area (TPSA) is 49.8 Å². The van der Waals surface area contributed by atoms with E-state index in [0.29, 0.717) is 12.4 Å². The van der Waals surface area contributed by atoms with Gasteiger partial charge >= 0.3 is 0 Å². The summed E-state index contributed by atoms with van der Waals surface area (Å²) in [6, 6.07) is 3.89. The highest BCUT2D eigenvalue weighted by molar-refractivity contribution is 5.80. The van der Waals surface area contributed by atoms with E-state index in [2.05, 4.69) is 36.0 Å². The maximum atomic E-state index is 5.08. The summed E-state index contributed by atoms with van der Waals surface area (Å²) in [5, 5.41) is 3.42. The second-order valence-electron chi connectivity index (χ2n) is 6.23. The Kier molecular flexibility index (Phi) is 6.04. The van der Waals surface area contributed by atoms with Gasteiger partial charge in [0.25, 0.3) is 0 Å². The van der Waals surface area contributed by atoms with Gasteiger partial charge in [0.2, 0.25) is 5.88 Å². The molecule has 22 heavy (non-hydrogen) atoms. The number of ether oxygens (including phenoxy) is 1. The van der Waals surface area contributed by atoms with Crippen molar-refractivity contribution in [3.63, 3.8) is 0 Å². The molecule has 1 aliphatic rings. The van der Waals surface area contributed by atoms with E-state index in [1.54, 1.807) is 7.11 Å². The zero-order valence-corrected chi connectivity index (χ0v) is 14.2. The molecule has 0 aliphatic carbocycles. The van der Waals surface area contributed by atoms with E-state index >= 15 is 0 Å². The molecule has 2 heterocycles. The van der Waals surface area contributed by atoms with Crippen LogP contribution in [0.2, 0.25) is 0 Å². The molecule has 1 N–H and O–H groups in total. The van der Waals surface area contributed by atoms with Crippen LogP contribution in [0.15, 0.2) is 23.3 Å². The van der Waals surface area contributed by atoms with E-state index in [-0.39, 0.29) is 0 Å². The van der Waals surface area contributed by atoms with Gasteiger partial charge in [0, 0.05) is 31.9 Å². The summed E-state index contributed by atoms with van der Waals surface area (Å²) >= 11 is 0. The van der Waals surface area contributed by atoms with Crippen LogP contribution in [0.3, 0.4) is 0 Å². The fourth-order valence-electron chi connectivity index (χ4n) is 3.05. The van der Waals surface area contributed by atoms with E-state index in [9.17, 15) is 0 Å². The molecular weight excluding hydrogens is 276 g/mol. The Morgan fingerprint density at radius 3 is 2.64 bits per heavy atom. The highest BCUT2D eigenvalue weighted by Crippen LogP contribution is 2.21. The van der Waals surface area contributed by atoms with Gasteiger partial charge in [-0.25, -0.2) is 9.98 Å². The quantitative estimate of drug-likeness (QED) is 0.686. The Labute approximate surface area is 133 Å². The first-order chi connectivity index (χ1) is 10.6. The number of guanidine groups is 1. The van der Waals surface area contributed by atoms with Gasteiger partial charge in [-0.15, -0.1) is 0 Å². The van der Waals surface area contributed by atoms with E-state index in [4.69, 9.17) is 9.73 Å². The van der Waals surface area contributed by atoms with Crippen molar-refractivity contribution >= 4 is 5.96 Å². The molecule has 0 amide bonds. The second kappa shape index (κ2) is 8.01. The fourth-order valence-corrected chi connectivity index (χ4v) is 3.05. The van der Waals surface area contributed by atoms with Gasteiger partial charge in [0.05, 0.1) is 13.7 Å². The lowest BCUT2D eigenvalue weighted by Gasteiger charge is -2.37. The molecule has 2 atom stereocenters. The standard InChI is InChI=1S/C17H28N4O/c1-5-18-17(21-11-13(2)8-14(3)12-21)20-10-15-6-7-16(22-4)19-9-15/h6-7,9,13-14H,5,8,10-12H2,1-4H3,(H,18,20). The molecule has 0 aromatic carbocycles. The molecule has 1 aliphatic heterocycles. The van der Waals surface area contributed by atoms with Gasteiger partial charge in [-0.05, 0) is 30.7 Å². The third-order valence-corrected chi connectivity index (χ3v) is 3.92. The smallest absolute Gasteiger partial charge is 0.212 e. The monoisotopic (exact) mass is 304 g/mol. The highest BCUT2D eigenvalue weighted by Gasteiger charge is 2.23. The van der Waals surface area contributed by atoms with Crippen molar-refractivity contribution < 1.29 is 4.74 Å². The number of likely N-dealkylation sites (tertiary alicyclic amines) is 1. The van der Waals surface area contributed by atoms with Crippen LogP contribution in [0, 0.1) is 11.8 Å². The molecule has 5 heteroatoms. The minimum absolute atomic E-state index is 0.637. The van der Waals surface area contributed by atoms with Crippen molar-refractivity contribution in [2.75, 3.05) is 26.7 Å². The molecular formula is C17H28N4O. The molecule has 5 nitrogen and oxygen atoms in total. The Morgan fingerprint density at radius 1 is 1.36 bits per heavy atom. The largest absolute Gasteiger partial charge is 0.481 e. The van der Waals surface area contributed by atoms with E-state index in [0.717, 1.165) is 43.0 Å². The molecule has 1 aromatic heterocycles. The molecule has 2 rings (SSSR count). The molecule has 0 radical (unpaired) electrons. The van der Waals surface area contributed by atoms with Gasteiger partial charge in [0.15, 0.2) is 5.96 Å². The van der Waals surface area contributed by atoms with Crippen molar-refractivity contribution in [1.29, 1.82) is 0 Å². The first-order valence-electron chi connectivity index (χ1n) is 8.14. The first kappa shape index (κ1) is 16.6. The Morgan fingerprint density at radius 2 is 2.09 bits per heavy atom. The first-order valence-corrected chi connectivity index (χ1v) is 8.14. The van der Waals surface area contributed by atoms with Gasteiger partial charge < -0.3 is 15.0 Å². The van der Waals surface area contributed by atoms with Gasteiger partial charge in [-0.1, -0.05) is 19.9 Å². The summed E-state index contributed by atoms with van der Waals surface area (Å²) in [5.74, 6) is 3.08. The SMILES string of the molecule is CCNC(=NCc1ccc(OC)nc1)N1CC(C)CC(C)C1. The molecule has 0 spiro atoms. The summed E-state index contributed by atoms with van der Waals surface area (Å²) in [6.07, 6.45) is 3.13. The van der Waals surface area contributed by atoms with Gasteiger partial charge in [0.1, 0.15) is 0 Å². The maximum Gasteiger partial charge on any atom is 0.212 e. The molecule has 1 fully saturated rings. The number of methoxy groups -OCH3 is 1. The summed E-state index contributed by atoms with van der Waals surface area (Å²) < 4.78 is 5.08. The van der Waals surface area contributed by atoms with E-state index in [1.807, 2.05) is 18.3 Å². The van der Waals surface area contributed by atoms with Crippen molar-refractivity contribution in [2.24, 2.45) is 16.8 Å². The molecule has 0 saturated carbocycles. The average molecular weight is 304 g/mol. The summed E-state index contributed by atoms with van der Waals surface area (Å²) in [5.41, 5.74) is 1.09. The number of nitrogens with one attached hydrogen (secondary N) is 1. The zero-order valence-electron chi connectivity index (χ0n) is 14.2. The Balaban J connectivity index is 2.05. The maximum absolute atomic E-state index is 5.08. The normalized spacial score (nSPS) is 22.5. The summed E-state index contributed by atoms with van der Waals surface area (Å²) in [4.78, 5) is 11.4. The minimum atomic E-state index is 0.637. The Hall–Kier alpha value is -1.78. The van der Waals surface area contributed by atoms with Crippen LogP contribution < -0.4 is 10.1 Å². The number of nitrogens with zero attached hydrogens (tertiary/aromatic N) is 3. The third-order valence-electron chi connectivity index (χ3n) is 3.92. The molecule has 122 valence electrons. The lowest BCUT2D eigenvalue weighted by Crippen LogP contribution is -2.48. The molecule has 1 saturated heterocycles. The van der Waals surface area contributed by atoms with Crippen LogP contribution >= 0.6 is 0 Å².